The van der Waals surface area contributed by atoms with Gasteiger partial charge in [-0.15, -0.1) is 0 Å². The molecule has 0 bridgehead atoms. The van der Waals surface area contributed by atoms with Crippen molar-refractivity contribution in [3.63, 3.8) is 0 Å². The smallest absolute Gasteiger partial charge is 0.161 e. The zero-order valence-electron chi connectivity index (χ0n) is 16.6. The summed E-state index contributed by atoms with van der Waals surface area (Å²) in [5.41, 5.74) is 0.373. The van der Waals surface area contributed by atoms with Crippen molar-refractivity contribution in [3.8, 4) is 11.5 Å². The minimum atomic E-state index is -1.46. The molecule has 0 amide bonds. The monoisotopic (exact) mass is 358 g/mol. The minimum Gasteiger partial charge on any atom is -0.493 e. The van der Waals surface area contributed by atoms with Crippen LogP contribution >= 0.6 is 0 Å². The number of nitrogens with zero attached hydrogens (tertiary/aromatic N) is 1. The minimum absolute atomic E-state index is 0.160. The number of ketones is 1. The second kappa shape index (κ2) is 6.95. The lowest BCUT2D eigenvalue weighted by atomic mass is 9.47. The summed E-state index contributed by atoms with van der Waals surface area (Å²) in [5, 5.41) is -1.46. The van der Waals surface area contributed by atoms with Crippen LogP contribution in [0.4, 0.5) is 0 Å². The van der Waals surface area contributed by atoms with Crippen LogP contribution in [0, 0.1) is 0 Å². The molecule has 1 aliphatic carbocycles. The Balaban J connectivity index is 0.00000102. The maximum atomic E-state index is 12.4. The van der Waals surface area contributed by atoms with Crippen molar-refractivity contribution in [2.75, 3.05) is 20.8 Å². The Bertz CT molecular complexity index is 738. The van der Waals surface area contributed by atoms with Crippen LogP contribution in [0.25, 0.3) is 0 Å². The summed E-state index contributed by atoms with van der Waals surface area (Å²) in [5.74, 6) is 1.44. The number of hydrogen-bond donors (Lipinski definition) is 0. The van der Waals surface area contributed by atoms with Crippen LogP contribution in [-0.2, 0) is 10.2 Å². The molecular weight excluding hydrogens is 333 g/mol. The van der Waals surface area contributed by atoms with Crippen molar-refractivity contribution < 1.29 is 14.3 Å². The predicted molar refractivity (Wildman–Crippen MR) is 110 cm³/mol. The normalized spacial score (nSPS) is 31.7. The van der Waals surface area contributed by atoms with Gasteiger partial charge in [0.25, 0.3) is 0 Å². The van der Waals surface area contributed by atoms with Crippen molar-refractivity contribution in [1.82, 2.24) is 4.90 Å². The molecule has 8 heteroatoms. The van der Waals surface area contributed by atoms with E-state index in [2.05, 4.69) is 13.3 Å². The van der Waals surface area contributed by atoms with Crippen molar-refractivity contribution in [3.05, 3.63) is 23.8 Å². The molecular formula is C19H24B4NO3. The number of likely N-dealkylation sites (tertiary alicyclic amines) is 1. The lowest BCUT2D eigenvalue weighted by Gasteiger charge is -2.49. The highest BCUT2D eigenvalue weighted by molar-refractivity contribution is 6.66. The second-order valence-electron chi connectivity index (χ2n) is 7.38. The van der Waals surface area contributed by atoms with Crippen molar-refractivity contribution in [2.45, 2.75) is 55.0 Å². The van der Waals surface area contributed by atoms with E-state index in [0.29, 0.717) is 24.5 Å². The van der Waals surface area contributed by atoms with Crippen LogP contribution in [0.5, 0.6) is 11.5 Å². The molecule has 2 heterocycles. The summed E-state index contributed by atoms with van der Waals surface area (Å²) < 4.78 is 10.8. The third-order valence-corrected chi connectivity index (χ3v) is 6.31. The number of methoxy groups -OCH3 is 2. The average molecular weight is 358 g/mol. The molecule has 4 rings (SSSR count). The van der Waals surface area contributed by atoms with E-state index in [1.165, 1.54) is 0 Å². The number of carbonyl (C=O) groups is 1. The van der Waals surface area contributed by atoms with Gasteiger partial charge in [-0.2, -0.15) is 0 Å². The molecule has 3 fully saturated rings. The van der Waals surface area contributed by atoms with Gasteiger partial charge in [0.2, 0.25) is 0 Å². The van der Waals surface area contributed by atoms with Gasteiger partial charge >= 0.3 is 0 Å². The Hall–Kier alpha value is -1.29. The van der Waals surface area contributed by atoms with Crippen molar-refractivity contribution in [2.24, 2.45) is 0 Å². The highest BCUT2D eigenvalue weighted by Gasteiger charge is 2.77. The first-order valence-corrected chi connectivity index (χ1v) is 9.56. The van der Waals surface area contributed by atoms with Gasteiger partial charge in [0.15, 0.2) is 18.8 Å². The summed E-state index contributed by atoms with van der Waals surface area (Å²) in [4.78, 5) is 14.3. The molecule has 2 aliphatic heterocycles. The lowest BCUT2D eigenvalue weighted by Crippen LogP contribution is -2.60. The topological polar surface area (TPSA) is 38.8 Å². The molecule has 3 atom stereocenters. The average Bonchev–Trinajstić information content (AvgIpc) is 3.31. The van der Waals surface area contributed by atoms with E-state index >= 15 is 0 Å². The molecule has 2 saturated heterocycles. The summed E-state index contributed by atoms with van der Waals surface area (Å²) in [6, 6.07) is 5.97. The fraction of sp³-hybridized carbons (Fsp3) is 0.632. The van der Waals surface area contributed by atoms with E-state index in [1.807, 2.05) is 30.9 Å². The second-order valence-corrected chi connectivity index (χ2v) is 7.38. The molecule has 0 N–H and O–H groups in total. The van der Waals surface area contributed by atoms with Gasteiger partial charge in [-0.05, 0) is 37.1 Å². The van der Waals surface area contributed by atoms with Crippen LogP contribution in [0.2, 0.25) is 5.82 Å². The Labute approximate surface area is 167 Å². The predicted octanol–water partition coefficient (Wildman–Crippen LogP) is 1.36. The summed E-state index contributed by atoms with van der Waals surface area (Å²) >= 11 is 0. The Morgan fingerprint density at radius 3 is 2.41 bits per heavy atom. The van der Waals surface area contributed by atoms with Crippen molar-refractivity contribution in [1.29, 1.82) is 0 Å². The number of benzene rings is 1. The van der Waals surface area contributed by atoms with E-state index in [1.54, 1.807) is 14.2 Å². The maximum absolute atomic E-state index is 12.4. The summed E-state index contributed by atoms with van der Waals surface area (Å²) in [6.45, 7) is 4.65. The number of ether oxygens (including phenoxy) is 2. The SMILES string of the molecule is CC.[B]C([B])([B])N1CCC2(c3ccc(OC)c(OC)c3)CCC(=O)C3[B]C312. The van der Waals surface area contributed by atoms with E-state index in [-0.39, 0.29) is 17.0 Å². The van der Waals surface area contributed by atoms with Crippen LogP contribution in [-0.4, -0.2) is 72.9 Å². The van der Waals surface area contributed by atoms with E-state index in [0.717, 1.165) is 18.4 Å². The van der Waals surface area contributed by atoms with Gasteiger partial charge in [-0.1, -0.05) is 25.2 Å². The molecule has 1 aromatic rings. The number of Topliss-reactive ketones (excluding diaryl/α,β-unsaturated/α-hetero) is 1. The molecule has 3 aliphatic rings. The van der Waals surface area contributed by atoms with Crippen LogP contribution in [0.15, 0.2) is 18.2 Å². The molecule has 0 aromatic heterocycles. The van der Waals surface area contributed by atoms with Crippen LogP contribution in [0.1, 0.15) is 38.7 Å². The van der Waals surface area contributed by atoms with Gasteiger partial charge in [0.1, 0.15) is 5.78 Å². The van der Waals surface area contributed by atoms with Gasteiger partial charge in [0.05, 0.1) is 37.8 Å². The van der Waals surface area contributed by atoms with E-state index in [4.69, 9.17) is 33.0 Å². The first kappa shape index (κ1) is 20.4. The number of rotatable bonds is 4. The van der Waals surface area contributed by atoms with Gasteiger partial charge in [-0.25, -0.2) is 0 Å². The molecule has 27 heavy (non-hydrogen) atoms. The first-order valence-electron chi connectivity index (χ1n) is 9.56. The highest BCUT2D eigenvalue weighted by Crippen LogP contribution is 2.68. The molecule has 3 unspecified atom stereocenters. The number of carbonyl (C=O) groups excluding carboxylic acids is 1. The Morgan fingerprint density at radius 2 is 1.81 bits per heavy atom. The third kappa shape index (κ3) is 2.78. The van der Waals surface area contributed by atoms with E-state index in [9.17, 15) is 4.79 Å². The van der Waals surface area contributed by atoms with Gasteiger partial charge in [-0.3, -0.25) is 0 Å². The fourth-order valence-corrected chi connectivity index (χ4v) is 5.19. The van der Waals surface area contributed by atoms with E-state index < -0.39 is 10.7 Å². The standard InChI is InChI=1S/C17H18B4NO3.C2H6/c1-24-12-4-3-10(9-13(12)25-2)15-6-5-11(23)14-16(15,21-14)22(8-7-15)17(18,19)20;1-2/h3-4,9,14H,5-8H2,1-2H3;1-2H3. The number of hydrogen-bond acceptors (Lipinski definition) is 4. The lowest BCUT2D eigenvalue weighted by molar-refractivity contribution is -0.121. The maximum Gasteiger partial charge on any atom is 0.161 e. The fourth-order valence-electron chi connectivity index (χ4n) is 5.19. The zero-order chi connectivity index (χ0) is 20.0. The zero-order valence-corrected chi connectivity index (χ0v) is 16.6. The molecule has 1 saturated carbocycles. The largest absolute Gasteiger partial charge is 0.493 e. The molecule has 1 aromatic carbocycles. The quantitative estimate of drug-likeness (QED) is 0.763. The summed E-state index contributed by atoms with van der Waals surface area (Å²) in [7, 11) is 23.5. The third-order valence-electron chi connectivity index (χ3n) is 6.31. The Morgan fingerprint density at radius 1 is 1.15 bits per heavy atom. The van der Waals surface area contributed by atoms with Crippen molar-refractivity contribution >= 4 is 36.6 Å². The highest BCUT2D eigenvalue weighted by atomic mass is 16.5. The molecule has 7 radical (unpaired) electrons. The van der Waals surface area contributed by atoms with Crippen LogP contribution < -0.4 is 9.47 Å². The first-order chi connectivity index (χ1) is 12.8. The molecule has 4 nitrogen and oxygen atoms in total. The summed E-state index contributed by atoms with van der Waals surface area (Å²) in [6.07, 6.45) is 2.15. The molecule has 1 spiro atoms. The van der Waals surface area contributed by atoms with Gasteiger partial charge < -0.3 is 19.2 Å². The van der Waals surface area contributed by atoms with Gasteiger partial charge in [0, 0.05) is 23.1 Å². The Kier molecular flexibility index (Phi) is 5.26. The molecule has 135 valence electrons. The van der Waals surface area contributed by atoms with Crippen LogP contribution in [0.3, 0.4) is 0 Å².